The quantitative estimate of drug-likeness (QED) is 0.570. The van der Waals surface area contributed by atoms with Crippen LogP contribution in [-0.2, 0) is 5.54 Å². The van der Waals surface area contributed by atoms with Crippen molar-refractivity contribution in [3.05, 3.63) is 35.9 Å². The minimum atomic E-state index is -0.152. The van der Waals surface area contributed by atoms with Gasteiger partial charge in [-0.1, -0.05) is 30.3 Å². The molecular weight excluding hydrogens is 134 g/mol. The highest BCUT2D eigenvalue weighted by molar-refractivity contribution is 5.31. The Bertz CT molecular complexity index is 236. The summed E-state index contributed by atoms with van der Waals surface area (Å²) in [6.45, 7) is 7.66. The molecule has 1 rings (SSSR count). The Hall–Kier alpha value is -1.11. The van der Waals surface area contributed by atoms with Gasteiger partial charge in [0, 0.05) is 0 Å². The van der Waals surface area contributed by atoms with Crippen molar-refractivity contribution in [3.8, 4) is 0 Å². The highest BCUT2D eigenvalue weighted by Crippen LogP contribution is 2.22. The summed E-state index contributed by atoms with van der Waals surface area (Å²) in [5.74, 6) is 0. The molecular formula is C10H13N. The van der Waals surface area contributed by atoms with E-state index < -0.39 is 0 Å². The topological polar surface area (TPSA) is 12.4 Å². The number of benzene rings is 1. The van der Waals surface area contributed by atoms with Crippen molar-refractivity contribution < 1.29 is 0 Å². The second kappa shape index (κ2) is 2.87. The lowest BCUT2D eigenvalue weighted by molar-refractivity contribution is 0.563. The third-order valence-electron chi connectivity index (χ3n) is 1.88. The Labute approximate surface area is 67.8 Å². The molecule has 1 heteroatoms. The van der Waals surface area contributed by atoms with E-state index in [0.29, 0.717) is 0 Å². The maximum Gasteiger partial charge on any atom is 0.0793 e. The number of aliphatic imine (C=N–C) groups is 1. The molecule has 1 nitrogen and oxygen atoms in total. The van der Waals surface area contributed by atoms with E-state index >= 15 is 0 Å². The van der Waals surface area contributed by atoms with Crippen LogP contribution in [0.15, 0.2) is 35.3 Å². The first-order chi connectivity index (χ1) is 5.17. The van der Waals surface area contributed by atoms with Crippen LogP contribution in [0.1, 0.15) is 19.4 Å². The molecule has 11 heavy (non-hydrogen) atoms. The summed E-state index contributed by atoms with van der Waals surface area (Å²) in [4.78, 5) is 4.04. The molecule has 0 aliphatic carbocycles. The van der Waals surface area contributed by atoms with Gasteiger partial charge in [-0.15, -0.1) is 0 Å². The van der Waals surface area contributed by atoms with Crippen LogP contribution in [0.2, 0.25) is 0 Å². The molecule has 1 aromatic carbocycles. The summed E-state index contributed by atoms with van der Waals surface area (Å²) in [5, 5.41) is 0. The Kier molecular flexibility index (Phi) is 2.08. The molecule has 1 aromatic rings. The van der Waals surface area contributed by atoms with Crippen LogP contribution in [0.3, 0.4) is 0 Å². The van der Waals surface area contributed by atoms with Crippen molar-refractivity contribution in [1.82, 2.24) is 0 Å². The van der Waals surface area contributed by atoms with Gasteiger partial charge in [-0.25, -0.2) is 0 Å². The minimum absolute atomic E-state index is 0.152. The van der Waals surface area contributed by atoms with Crippen LogP contribution >= 0.6 is 0 Å². The molecule has 0 aromatic heterocycles. The minimum Gasteiger partial charge on any atom is -0.290 e. The van der Waals surface area contributed by atoms with Gasteiger partial charge in [0.25, 0.3) is 0 Å². The van der Waals surface area contributed by atoms with Gasteiger partial charge in [-0.05, 0) is 26.1 Å². The van der Waals surface area contributed by atoms with Gasteiger partial charge in [0.1, 0.15) is 0 Å². The van der Waals surface area contributed by atoms with Crippen molar-refractivity contribution in [2.75, 3.05) is 0 Å². The van der Waals surface area contributed by atoms with E-state index in [1.54, 1.807) is 0 Å². The zero-order chi connectivity index (χ0) is 8.32. The van der Waals surface area contributed by atoms with Crippen molar-refractivity contribution in [1.29, 1.82) is 0 Å². The fourth-order valence-electron chi connectivity index (χ4n) is 0.937. The Morgan fingerprint density at radius 1 is 1.18 bits per heavy atom. The van der Waals surface area contributed by atoms with E-state index in [4.69, 9.17) is 0 Å². The maximum absolute atomic E-state index is 4.04. The van der Waals surface area contributed by atoms with Gasteiger partial charge in [0.15, 0.2) is 0 Å². The van der Waals surface area contributed by atoms with Crippen LogP contribution in [0.5, 0.6) is 0 Å². The summed E-state index contributed by atoms with van der Waals surface area (Å²) < 4.78 is 0. The molecule has 0 bridgehead atoms. The first-order valence-corrected chi connectivity index (χ1v) is 3.70. The average molecular weight is 147 g/mol. The number of hydrogen-bond donors (Lipinski definition) is 0. The number of nitrogens with zero attached hydrogens (tertiary/aromatic N) is 1. The Balaban J connectivity index is 3.02. The molecule has 0 radical (unpaired) electrons. The summed E-state index contributed by atoms with van der Waals surface area (Å²) >= 11 is 0. The number of rotatable bonds is 2. The fraction of sp³-hybridized carbons (Fsp3) is 0.300. The molecule has 0 saturated heterocycles. The predicted octanol–water partition coefficient (Wildman–Crippen LogP) is 2.62. The Morgan fingerprint density at radius 3 is 2.18 bits per heavy atom. The molecule has 0 aliphatic heterocycles. The lowest BCUT2D eigenvalue weighted by Gasteiger charge is -2.18. The van der Waals surface area contributed by atoms with Crippen molar-refractivity contribution >= 4 is 6.72 Å². The molecule has 0 spiro atoms. The lowest BCUT2D eigenvalue weighted by atomic mass is 9.96. The smallest absolute Gasteiger partial charge is 0.0793 e. The van der Waals surface area contributed by atoms with E-state index in [2.05, 4.69) is 37.7 Å². The highest BCUT2D eigenvalue weighted by Gasteiger charge is 2.15. The zero-order valence-corrected chi connectivity index (χ0v) is 7.04. The molecule has 0 amide bonds. The van der Waals surface area contributed by atoms with Crippen molar-refractivity contribution in [2.24, 2.45) is 4.99 Å². The van der Waals surface area contributed by atoms with Crippen LogP contribution in [0.4, 0.5) is 0 Å². The molecule has 0 N–H and O–H groups in total. The van der Waals surface area contributed by atoms with E-state index in [9.17, 15) is 0 Å². The SMILES string of the molecule is C=NC(C)(C)c1ccccc1. The third-order valence-corrected chi connectivity index (χ3v) is 1.88. The van der Waals surface area contributed by atoms with Crippen LogP contribution in [0, 0.1) is 0 Å². The normalized spacial score (nSPS) is 11.1. The van der Waals surface area contributed by atoms with E-state index in [1.807, 2.05) is 18.2 Å². The van der Waals surface area contributed by atoms with E-state index in [0.717, 1.165) is 0 Å². The lowest BCUT2D eigenvalue weighted by Crippen LogP contribution is -2.12. The average Bonchev–Trinajstić information content (AvgIpc) is 2.06. The van der Waals surface area contributed by atoms with Crippen molar-refractivity contribution in [3.63, 3.8) is 0 Å². The molecule has 58 valence electrons. The summed E-state index contributed by atoms with van der Waals surface area (Å²) in [5.41, 5.74) is 1.05. The zero-order valence-electron chi connectivity index (χ0n) is 7.04. The maximum atomic E-state index is 4.04. The molecule has 0 atom stereocenters. The first-order valence-electron chi connectivity index (χ1n) is 3.70. The van der Waals surface area contributed by atoms with E-state index in [1.165, 1.54) is 5.56 Å². The van der Waals surface area contributed by atoms with Gasteiger partial charge in [0.05, 0.1) is 5.54 Å². The van der Waals surface area contributed by atoms with Gasteiger partial charge >= 0.3 is 0 Å². The van der Waals surface area contributed by atoms with Crippen LogP contribution in [-0.4, -0.2) is 6.72 Å². The standard InChI is InChI=1S/C10H13N/c1-10(2,11-3)9-7-5-4-6-8-9/h4-8H,3H2,1-2H3. The largest absolute Gasteiger partial charge is 0.290 e. The van der Waals surface area contributed by atoms with Gasteiger partial charge < -0.3 is 0 Å². The molecule has 0 unspecified atom stereocenters. The van der Waals surface area contributed by atoms with Gasteiger partial charge in [0.2, 0.25) is 0 Å². The van der Waals surface area contributed by atoms with Gasteiger partial charge in [-0.3, -0.25) is 4.99 Å². The summed E-state index contributed by atoms with van der Waals surface area (Å²) in [6.07, 6.45) is 0. The summed E-state index contributed by atoms with van der Waals surface area (Å²) in [6, 6.07) is 10.2. The van der Waals surface area contributed by atoms with Crippen LogP contribution < -0.4 is 0 Å². The van der Waals surface area contributed by atoms with E-state index in [-0.39, 0.29) is 5.54 Å². The fourth-order valence-corrected chi connectivity index (χ4v) is 0.937. The number of hydrogen-bond acceptors (Lipinski definition) is 1. The Morgan fingerprint density at radius 2 is 1.73 bits per heavy atom. The monoisotopic (exact) mass is 147 g/mol. The third kappa shape index (κ3) is 1.67. The highest BCUT2D eigenvalue weighted by atomic mass is 14.8. The van der Waals surface area contributed by atoms with Crippen LogP contribution in [0.25, 0.3) is 0 Å². The van der Waals surface area contributed by atoms with Crippen molar-refractivity contribution in [2.45, 2.75) is 19.4 Å². The predicted molar refractivity (Wildman–Crippen MR) is 49.0 cm³/mol. The van der Waals surface area contributed by atoms with Gasteiger partial charge in [-0.2, -0.15) is 0 Å². The molecule has 0 heterocycles. The molecule has 0 fully saturated rings. The second-order valence-electron chi connectivity index (χ2n) is 3.08. The molecule has 0 aliphatic rings. The summed E-state index contributed by atoms with van der Waals surface area (Å²) in [7, 11) is 0. The second-order valence-corrected chi connectivity index (χ2v) is 3.08. The molecule has 0 saturated carbocycles. The first kappa shape index (κ1) is 7.99.